The zero-order valence-corrected chi connectivity index (χ0v) is 15.8. The summed E-state index contributed by atoms with van der Waals surface area (Å²) in [6.45, 7) is 8.55. The summed E-state index contributed by atoms with van der Waals surface area (Å²) >= 11 is 1.71. The highest BCUT2D eigenvalue weighted by atomic mass is 32.2. The van der Waals surface area contributed by atoms with Gasteiger partial charge in [0.2, 0.25) is 5.89 Å². The number of aryl methyl sites for hydroxylation is 2. The van der Waals surface area contributed by atoms with Crippen molar-refractivity contribution in [3.05, 3.63) is 23.1 Å². The minimum atomic E-state index is 0.522. The second kappa shape index (κ2) is 6.21. The van der Waals surface area contributed by atoms with Gasteiger partial charge in [0.25, 0.3) is 0 Å². The number of fused-ring (bicyclic) bond motifs is 2. The fourth-order valence-corrected chi connectivity index (χ4v) is 5.79. The normalized spacial score (nSPS) is 27.1. The van der Waals surface area contributed by atoms with Crippen molar-refractivity contribution < 1.29 is 4.52 Å². The van der Waals surface area contributed by atoms with Crippen LogP contribution in [0.4, 0.5) is 0 Å². The molecule has 4 rings (SSSR count). The molecule has 5 nitrogen and oxygen atoms in total. The minimum Gasteiger partial charge on any atom is -0.338 e. The molecule has 130 valence electrons. The lowest BCUT2D eigenvalue weighted by molar-refractivity contribution is 0.232. The first-order chi connectivity index (χ1) is 11.5. The molecule has 0 saturated heterocycles. The van der Waals surface area contributed by atoms with E-state index in [9.17, 15) is 0 Å². The Morgan fingerprint density at radius 3 is 2.67 bits per heavy atom. The van der Waals surface area contributed by atoms with Gasteiger partial charge in [-0.15, -0.1) is 0 Å². The second-order valence-electron chi connectivity index (χ2n) is 7.54. The number of aromatic nitrogens is 4. The molecule has 0 aromatic carbocycles. The van der Waals surface area contributed by atoms with Crippen LogP contribution in [0.5, 0.6) is 0 Å². The molecule has 2 bridgehead atoms. The van der Waals surface area contributed by atoms with Crippen LogP contribution in [-0.4, -0.2) is 19.7 Å². The number of hydrogen-bond acceptors (Lipinski definition) is 5. The van der Waals surface area contributed by atoms with Crippen molar-refractivity contribution >= 4 is 11.8 Å². The number of nitrogens with zero attached hydrogens (tertiary/aromatic N) is 4. The molecule has 0 amide bonds. The molecule has 2 aliphatic carbocycles. The molecule has 6 heteroatoms. The van der Waals surface area contributed by atoms with Crippen molar-refractivity contribution in [3.8, 4) is 0 Å². The third-order valence-corrected chi connectivity index (χ3v) is 7.01. The lowest BCUT2D eigenvalue weighted by atomic mass is 9.84. The molecule has 2 fully saturated rings. The largest absolute Gasteiger partial charge is 0.338 e. The molecule has 4 atom stereocenters. The smallest absolute Gasteiger partial charge is 0.237 e. The summed E-state index contributed by atoms with van der Waals surface area (Å²) in [4.78, 5) is 9.13. The zero-order chi connectivity index (χ0) is 16.8. The highest BCUT2D eigenvalue weighted by Gasteiger charge is 2.43. The SMILES string of the molecule is Cc1noc(CSc2nc(C)c(C)n2[C@H](C)[C@H]2C[C@H]3CC[C@H]2C3)n1. The van der Waals surface area contributed by atoms with E-state index in [1.807, 2.05) is 6.92 Å². The van der Waals surface area contributed by atoms with E-state index in [4.69, 9.17) is 9.51 Å². The third-order valence-electron chi connectivity index (χ3n) is 6.07. The maximum Gasteiger partial charge on any atom is 0.237 e. The van der Waals surface area contributed by atoms with Gasteiger partial charge < -0.3 is 9.09 Å². The zero-order valence-electron chi connectivity index (χ0n) is 15.0. The molecule has 0 unspecified atom stereocenters. The number of rotatable bonds is 5. The monoisotopic (exact) mass is 346 g/mol. The predicted molar refractivity (Wildman–Crippen MR) is 93.9 cm³/mol. The van der Waals surface area contributed by atoms with E-state index in [1.54, 1.807) is 11.8 Å². The van der Waals surface area contributed by atoms with Crippen molar-refractivity contribution in [2.24, 2.45) is 17.8 Å². The summed E-state index contributed by atoms with van der Waals surface area (Å²) in [5.74, 6) is 4.75. The molecule has 0 spiro atoms. The van der Waals surface area contributed by atoms with E-state index in [0.29, 0.717) is 23.5 Å². The van der Waals surface area contributed by atoms with Crippen LogP contribution in [-0.2, 0) is 5.75 Å². The number of hydrogen-bond donors (Lipinski definition) is 0. The summed E-state index contributed by atoms with van der Waals surface area (Å²) in [5.41, 5.74) is 2.43. The first kappa shape index (κ1) is 16.2. The van der Waals surface area contributed by atoms with Crippen molar-refractivity contribution in [2.45, 2.75) is 70.3 Å². The number of thioether (sulfide) groups is 1. The predicted octanol–water partition coefficient (Wildman–Crippen LogP) is 4.48. The lowest BCUT2D eigenvalue weighted by Gasteiger charge is -2.30. The molecular formula is C18H26N4OS. The highest BCUT2D eigenvalue weighted by molar-refractivity contribution is 7.98. The Hall–Kier alpha value is -1.30. The molecule has 2 aromatic heterocycles. The molecule has 2 saturated carbocycles. The Kier molecular flexibility index (Phi) is 4.19. The van der Waals surface area contributed by atoms with Crippen molar-refractivity contribution in [3.63, 3.8) is 0 Å². The molecule has 2 aliphatic rings. The second-order valence-corrected chi connectivity index (χ2v) is 8.48. The topological polar surface area (TPSA) is 56.7 Å². The van der Waals surface area contributed by atoms with E-state index >= 15 is 0 Å². The maximum absolute atomic E-state index is 5.24. The van der Waals surface area contributed by atoms with Crippen LogP contribution in [0.1, 0.15) is 61.8 Å². The minimum absolute atomic E-state index is 0.522. The van der Waals surface area contributed by atoms with E-state index in [-0.39, 0.29) is 0 Å². The van der Waals surface area contributed by atoms with Crippen LogP contribution in [0, 0.1) is 38.5 Å². The van der Waals surface area contributed by atoms with Gasteiger partial charge in [-0.05, 0) is 64.7 Å². The van der Waals surface area contributed by atoms with Crippen LogP contribution in [0.2, 0.25) is 0 Å². The Labute approximate surface area is 147 Å². The third kappa shape index (κ3) is 2.79. The standard InChI is InChI=1S/C18H26N4OS/c1-10-11(2)22(12(3)16-8-14-5-6-15(16)7-14)18(19-10)24-9-17-20-13(4)21-23-17/h12,14-16H,5-9H2,1-4H3/t12-,14+,15+,16-/m1/s1. The van der Waals surface area contributed by atoms with E-state index in [1.165, 1.54) is 31.4 Å². The van der Waals surface area contributed by atoms with Gasteiger partial charge in [-0.1, -0.05) is 23.3 Å². The van der Waals surface area contributed by atoms with Crippen LogP contribution in [0.3, 0.4) is 0 Å². The van der Waals surface area contributed by atoms with Crippen LogP contribution < -0.4 is 0 Å². The molecule has 0 radical (unpaired) electrons. The van der Waals surface area contributed by atoms with Gasteiger partial charge in [-0.3, -0.25) is 0 Å². The van der Waals surface area contributed by atoms with Gasteiger partial charge in [0.1, 0.15) is 0 Å². The van der Waals surface area contributed by atoms with Gasteiger partial charge in [0.15, 0.2) is 11.0 Å². The average molecular weight is 347 g/mol. The first-order valence-corrected chi connectivity index (χ1v) is 9.99. The molecule has 24 heavy (non-hydrogen) atoms. The van der Waals surface area contributed by atoms with Crippen molar-refractivity contribution in [1.29, 1.82) is 0 Å². The van der Waals surface area contributed by atoms with E-state index in [0.717, 1.165) is 28.6 Å². The van der Waals surface area contributed by atoms with Crippen LogP contribution >= 0.6 is 11.8 Å². The lowest BCUT2D eigenvalue weighted by Crippen LogP contribution is -2.23. The van der Waals surface area contributed by atoms with Crippen molar-refractivity contribution in [1.82, 2.24) is 19.7 Å². The van der Waals surface area contributed by atoms with Gasteiger partial charge in [-0.25, -0.2) is 4.98 Å². The molecular weight excluding hydrogens is 320 g/mol. The molecule has 2 aromatic rings. The molecule has 0 aliphatic heterocycles. The maximum atomic E-state index is 5.24. The van der Waals surface area contributed by atoms with Gasteiger partial charge in [0.05, 0.1) is 11.4 Å². The quantitative estimate of drug-likeness (QED) is 0.747. The van der Waals surface area contributed by atoms with Crippen LogP contribution in [0.15, 0.2) is 9.68 Å². The fraction of sp³-hybridized carbons (Fsp3) is 0.722. The first-order valence-electron chi connectivity index (χ1n) is 9.00. The van der Waals surface area contributed by atoms with E-state index < -0.39 is 0 Å². The Balaban J connectivity index is 1.55. The van der Waals surface area contributed by atoms with Crippen molar-refractivity contribution in [2.75, 3.05) is 0 Å². The molecule has 2 heterocycles. The highest BCUT2D eigenvalue weighted by Crippen LogP contribution is 2.52. The summed E-state index contributed by atoms with van der Waals surface area (Å²) in [7, 11) is 0. The Bertz CT molecular complexity index is 737. The summed E-state index contributed by atoms with van der Waals surface area (Å²) in [6, 6.07) is 0.522. The summed E-state index contributed by atoms with van der Waals surface area (Å²) < 4.78 is 7.71. The molecule has 0 N–H and O–H groups in total. The van der Waals surface area contributed by atoms with Crippen LogP contribution in [0.25, 0.3) is 0 Å². The van der Waals surface area contributed by atoms with E-state index in [2.05, 4.69) is 35.5 Å². The Morgan fingerprint density at radius 2 is 2.04 bits per heavy atom. The Morgan fingerprint density at radius 1 is 1.21 bits per heavy atom. The van der Waals surface area contributed by atoms with Gasteiger partial charge >= 0.3 is 0 Å². The summed E-state index contributed by atoms with van der Waals surface area (Å²) in [5, 5.41) is 4.97. The summed E-state index contributed by atoms with van der Waals surface area (Å²) in [6.07, 6.45) is 5.73. The fourth-order valence-electron chi connectivity index (χ4n) is 4.78. The van der Waals surface area contributed by atoms with Gasteiger partial charge in [-0.2, -0.15) is 4.98 Å². The average Bonchev–Trinajstić information content (AvgIpc) is 3.31. The van der Waals surface area contributed by atoms with Gasteiger partial charge in [0, 0.05) is 11.7 Å². The number of imidazole rings is 1.